The van der Waals surface area contributed by atoms with Crippen LogP contribution in [-0.2, 0) is 12.8 Å². The van der Waals surface area contributed by atoms with E-state index in [1.807, 2.05) is 0 Å². The van der Waals surface area contributed by atoms with Crippen molar-refractivity contribution in [3.05, 3.63) is 29.3 Å². The third-order valence-corrected chi connectivity index (χ3v) is 2.46. The summed E-state index contributed by atoms with van der Waals surface area (Å²) in [4.78, 5) is 0. The van der Waals surface area contributed by atoms with Gasteiger partial charge in [-0.1, -0.05) is 12.1 Å². The Morgan fingerprint density at radius 2 is 2.06 bits per heavy atom. The minimum Gasteiger partial charge on any atom is -0.492 e. The van der Waals surface area contributed by atoms with E-state index in [1.165, 1.54) is 12.1 Å². The Kier molecular flexibility index (Phi) is 4.27. The molecule has 1 aliphatic heterocycles. The molecule has 0 saturated carbocycles. The fourth-order valence-corrected chi connectivity index (χ4v) is 1.81. The molecule has 1 heterocycles. The maximum atomic E-state index is 12.2. The van der Waals surface area contributed by atoms with Crippen LogP contribution in [0.1, 0.15) is 11.1 Å². The van der Waals surface area contributed by atoms with Gasteiger partial charge in [-0.15, -0.1) is 12.4 Å². The highest BCUT2D eigenvalue weighted by molar-refractivity contribution is 5.85. The Bertz CT molecular complexity index is 395. The van der Waals surface area contributed by atoms with Gasteiger partial charge in [-0.05, 0) is 23.6 Å². The van der Waals surface area contributed by atoms with Crippen molar-refractivity contribution in [2.24, 2.45) is 5.73 Å². The number of halogens is 4. The van der Waals surface area contributed by atoms with Gasteiger partial charge in [0.1, 0.15) is 12.4 Å². The Balaban J connectivity index is 0.00000144. The molecule has 0 unspecified atom stereocenters. The van der Waals surface area contributed by atoms with Crippen molar-refractivity contribution in [3.8, 4) is 5.75 Å². The van der Waals surface area contributed by atoms with E-state index in [2.05, 4.69) is 0 Å². The molecule has 0 saturated heterocycles. The molecule has 1 aromatic carbocycles. The summed E-state index contributed by atoms with van der Waals surface area (Å²) in [7, 11) is 0. The zero-order chi connectivity index (χ0) is 11.8. The molecule has 6 heteroatoms. The smallest absolute Gasteiger partial charge is 0.393 e. The van der Waals surface area contributed by atoms with Crippen molar-refractivity contribution < 1.29 is 17.9 Å². The lowest BCUT2D eigenvalue weighted by molar-refractivity contribution is -0.127. The van der Waals surface area contributed by atoms with E-state index in [-0.39, 0.29) is 24.0 Å². The van der Waals surface area contributed by atoms with Crippen LogP contribution < -0.4 is 10.5 Å². The van der Waals surface area contributed by atoms with Crippen LogP contribution in [0.15, 0.2) is 18.2 Å². The lowest BCUT2D eigenvalue weighted by Crippen LogP contribution is -2.33. The number of alkyl halides is 3. The zero-order valence-corrected chi connectivity index (χ0v) is 9.77. The molecule has 0 radical (unpaired) electrons. The quantitative estimate of drug-likeness (QED) is 0.848. The first-order valence-electron chi connectivity index (χ1n) is 5.01. The van der Waals surface area contributed by atoms with Gasteiger partial charge in [0.15, 0.2) is 0 Å². The average Bonchev–Trinajstić information content (AvgIpc) is 2.14. The summed E-state index contributed by atoms with van der Waals surface area (Å²) in [5.74, 6) is 0.646. The maximum absolute atomic E-state index is 12.2. The monoisotopic (exact) mass is 267 g/mol. The standard InChI is InChI=1S/C11H12F3NO.ClH/c12-11(13,14)5-7-1-2-10-8(3-7)4-9(15)6-16-10;/h1-3,9H,4-6,15H2;1H/t9-;/m1./s1. The first-order chi connectivity index (χ1) is 7.44. The molecule has 0 spiro atoms. The van der Waals surface area contributed by atoms with Gasteiger partial charge in [0.05, 0.1) is 6.42 Å². The minimum atomic E-state index is -4.17. The predicted molar refractivity (Wildman–Crippen MR) is 60.6 cm³/mol. The first kappa shape index (κ1) is 14.1. The highest BCUT2D eigenvalue weighted by Crippen LogP contribution is 2.28. The van der Waals surface area contributed by atoms with Gasteiger partial charge in [-0.3, -0.25) is 0 Å². The van der Waals surface area contributed by atoms with E-state index >= 15 is 0 Å². The predicted octanol–water partition coefficient (Wildman–Crippen LogP) is 2.48. The second kappa shape index (κ2) is 5.14. The highest BCUT2D eigenvalue weighted by atomic mass is 35.5. The third-order valence-electron chi connectivity index (χ3n) is 2.46. The van der Waals surface area contributed by atoms with Crippen molar-refractivity contribution in [1.82, 2.24) is 0 Å². The average molecular weight is 268 g/mol. The molecule has 0 fully saturated rings. The van der Waals surface area contributed by atoms with Crippen molar-refractivity contribution in [1.29, 1.82) is 0 Å². The van der Waals surface area contributed by atoms with Gasteiger partial charge >= 0.3 is 6.18 Å². The van der Waals surface area contributed by atoms with Crippen LogP contribution in [0.4, 0.5) is 13.2 Å². The zero-order valence-electron chi connectivity index (χ0n) is 8.96. The van der Waals surface area contributed by atoms with Gasteiger partial charge in [0.25, 0.3) is 0 Å². The Morgan fingerprint density at radius 3 is 2.71 bits per heavy atom. The molecule has 0 aromatic heterocycles. The molecular formula is C11H13ClF3NO. The normalized spacial score (nSPS) is 18.9. The molecule has 2 rings (SSSR count). The molecule has 0 bridgehead atoms. The summed E-state index contributed by atoms with van der Waals surface area (Å²) in [5.41, 5.74) is 6.70. The van der Waals surface area contributed by atoms with Gasteiger partial charge in [-0.2, -0.15) is 13.2 Å². The van der Waals surface area contributed by atoms with Crippen LogP contribution in [0, 0.1) is 0 Å². The van der Waals surface area contributed by atoms with Crippen LogP contribution >= 0.6 is 12.4 Å². The van der Waals surface area contributed by atoms with Gasteiger partial charge in [-0.25, -0.2) is 0 Å². The SMILES string of the molecule is Cl.N[C@H]1COc2ccc(CC(F)(F)F)cc2C1. The fourth-order valence-electron chi connectivity index (χ4n) is 1.81. The Hall–Kier alpha value is -0.940. The molecule has 2 N–H and O–H groups in total. The van der Waals surface area contributed by atoms with E-state index in [1.54, 1.807) is 6.07 Å². The van der Waals surface area contributed by atoms with Crippen molar-refractivity contribution in [2.75, 3.05) is 6.61 Å². The van der Waals surface area contributed by atoms with E-state index in [4.69, 9.17) is 10.5 Å². The minimum absolute atomic E-state index is 0. The Morgan fingerprint density at radius 1 is 1.35 bits per heavy atom. The molecular weight excluding hydrogens is 255 g/mol. The van der Waals surface area contributed by atoms with Crippen molar-refractivity contribution in [2.45, 2.75) is 25.1 Å². The van der Waals surface area contributed by atoms with E-state index in [0.29, 0.717) is 18.8 Å². The van der Waals surface area contributed by atoms with Gasteiger partial charge in [0, 0.05) is 6.04 Å². The fraction of sp³-hybridized carbons (Fsp3) is 0.455. The summed E-state index contributed by atoms with van der Waals surface area (Å²) in [5, 5.41) is 0. The van der Waals surface area contributed by atoms with Gasteiger partial charge < -0.3 is 10.5 Å². The molecule has 1 aromatic rings. The number of hydrogen-bond donors (Lipinski definition) is 1. The van der Waals surface area contributed by atoms with Crippen LogP contribution in [0.3, 0.4) is 0 Å². The molecule has 17 heavy (non-hydrogen) atoms. The van der Waals surface area contributed by atoms with Crippen molar-refractivity contribution in [3.63, 3.8) is 0 Å². The summed E-state index contributed by atoms with van der Waals surface area (Å²) >= 11 is 0. The molecule has 0 aliphatic carbocycles. The number of hydrogen-bond acceptors (Lipinski definition) is 2. The lowest BCUT2D eigenvalue weighted by atomic mass is 9.99. The van der Waals surface area contributed by atoms with E-state index in [0.717, 1.165) is 5.56 Å². The van der Waals surface area contributed by atoms with Crippen molar-refractivity contribution >= 4 is 12.4 Å². The summed E-state index contributed by atoms with van der Waals surface area (Å²) in [6.45, 7) is 0.422. The summed E-state index contributed by atoms with van der Waals surface area (Å²) in [6, 6.07) is 4.43. The Labute approximate surface area is 103 Å². The lowest BCUT2D eigenvalue weighted by Gasteiger charge is -2.23. The second-order valence-corrected chi connectivity index (χ2v) is 4.01. The summed E-state index contributed by atoms with van der Waals surface area (Å²) < 4.78 is 41.9. The molecule has 1 aliphatic rings. The number of nitrogens with two attached hydrogens (primary N) is 1. The number of fused-ring (bicyclic) bond motifs is 1. The molecule has 1 atom stereocenters. The van der Waals surface area contributed by atoms with E-state index < -0.39 is 12.6 Å². The van der Waals surface area contributed by atoms with Crippen LogP contribution in [-0.4, -0.2) is 18.8 Å². The molecule has 96 valence electrons. The molecule has 0 amide bonds. The van der Waals surface area contributed by atoms with E-state index in [9.17, 15) is 13.2 Å². The van der Waals surface area contributed by atoms with Crippen LogP contribution in [0.5, 0.6) is 5.75 Å². The first-order valence-corrected chi connectivity index (χ1v) is 5.01. The maximum Gasteiger partial charge on any atom is 0.393 e. The van der Waals surface area contributed by atoms with Crippen LogP contribution in [0.25, 0.3) is 0 Å². The van der Waals surface area contributed by atoms with Gasteiger partial charge in [0.2, 0.25) is 0 Å². The number of rotatable bonds is 1. The largest absolute Gasteiger partial charge is 0.492 e. The third kappa shape index (κ3) is 3.78. The number of benzene rings is 1. The second-order valence-electron chi connectivity index (χ2n) is 4.01. The highest BCUT2D eigenvalue weighted by Gasteiger charge is 2.28. The topological polar surface area (TPSA) is 35.2 Å². The van der Waals surface area contributed by atoms with Crippen LogP contribution in [0.2, 0.25) is 0 Å². The molecule has 2 nitrogen and oxygen atoms in total. The summed E-state index contributed by atoms with van der Waals surface area (Å²) in [6.07, 6.45) is -4.51. The number of ether oxygens (including phenoxy) is 1.